The fourth-order valence-corrected chi connectivity index (χ4v) is 1.78. The molecular formula is C14H18N2O5. The van der Waals surface area contributed by atoms with Gasteiger partial charge in [0.25, 0.3) is 5.69 Å². The Hall–Kier alpha value is -2.44. The topological polar surface area (TPSA) is 110 Å². The van der Waals surface area contributed by atoms with Gasteiger partial charge in [-0.1, -0.05) is 32.9 Å². The molecule has 0 aliphatic rings. The van der Waals surface area contributed by atoms with E-state index in [9.17, 15) is 19.7 Å². The highest BCUT2D eigenvalue weighted by molar-refractivity contribution is 5.85. The molecule has 1 amide bonds. The van der Waals surface area contributed by atoms with Crippen LogP contribution < -0.4 is 5.32 Å². The van der Waals surface area contributed by atoms with Gasteiger partial charge in [-0.2, -0.15) is 0 Å². The second kappa shape index (κ2) is 6.34. The average molecular weight is 294 g/mol. The third-order valence-corrected chi connectivity index (χ3v) is 2.93. The number of rotatable bonds is 5. The van der Waals surface area contributed by atoms with Crippen LogP contribution in [0.3, 0.4) is 0 Å². The first kappa shape index (κ1) is 16.6. The lowest BCUT2D eigenvalue weighted by Crippen LogP contribution is -2.49. The molecule has 114 valence electrons. The predicted octanol–water partition coefficient (Wildman–Crippen LogP) is 1.75. The molecule has 0 aliphatic carbocycles. The summed E-state index contributed by atoms with van der Waals surface area (Å²) in [7, 11) is 0. The summed E-state index contributed by atoms with van der Waals surface area (Å²) in [6.07, 6.45) is -0.0299. The molecule has 0 unspecified atom stereocenters. The monoisotopic (exact) mass is 294 g/mol. The van der Waals surface area contributed by atoms with Crippen LogP contribution in [0.4, 0.5) is 5.69 Å². The van der Waals surface area contributed by atoms with Gasteiger partial charge in [0.1, 0.15) is 6.04 Å². The number of benzene rings is 1. The molecule has 0 aliphatic heterocycles. The first-order valence-electron chi connectivity index (χ1n) is 6.37. The van der Waals surface area contributed by atoms with Crippen LogP contribution in [-0.2, 0) is 16.0 Å². The summed E-state index contributed by atoms with van der Waals surface area (Å²) < 4.78 is 0. The first-order valence-corrected chi connectivity index (χ1v) is 6.37. The summed E-state index contributed by atoms with van der Waals surface area (Å²) in [4.78, 5) is 33.1. The van der Waals surface area contributed by atoms with Crippen molar-refractivity contribution in [2.75, 3.05) is 0 Å². The normalized spacial score (nSPS) is 12.5. The Kier molecular flexibility index (Phi) is 5.02. The zero-order valence-corrected chi connectivity index (χ0v) is 12.1. The fourth-order valence-electron chi connectivity index (χ4n) is 1.78. The first-order chi connectivity index (χ1) is 9.61. The van der Waals surface area contributed by atoms with Crippen LogP contribution in [0.25, 0.3) is 0 Å². The van der Waals surface area contributed by atoms with E-state index in [0.29, 0.717) is 5.56 Å². The molecule has 1 aromatic rings. The number of aliphatic carboxylic acids is 1. The highest BCUT2D eigenvalue weighted by Crippen LogP contribution is 2.19. The minimum absolute atomic E-state index is 0.0299. The van der Waals surface area contributed by atoms with Crippen LogP contribution in [0.2, 0.25) is 0 Å². The number of carboxylic acid groups (broad SMARTS) is 1. The Morgan fingerprint density at radius 3 is 2.19 bits per heavy atom. The summed E-state index contributed by atoms with van der Waals surface area (Å²) in [5, 5.41) is 22.1. The van der Waals surface area contributed by atoms with Gasteiger partial charge in [-0.05, 0) is 11.0 Å². The number of non-ortho nitro benzene ring substituents is 1. The third kappa shape index (κ3) is 4.87. The fraction of sp³-hybridized carbons (Fsp3) is 0.429. The van der Waals surface area contributed by atoms with E-state index in [1.54, 1.807) is 20.8 Å². The standard InChI is InChI=1S/C14H18N2O5/c1-14(2,3)12(13(18)19)15-11(17)8-9-4-6-10(7-5-9)16(20)21/h4-7,12H,8H2,1-3H3,(H,15,17)(H,18,19)/t12-/m0/s1. The van der Waals surface area contributed by atoms with Crippen molar-refractivity contribution in [3.8, 4) is 0 Å². The molecule has 1 rings (SSSR count). The Morgan fingerprint density at radius 1 is 1.29 bits per heavy atom. The molecule has 0 fully saturated rings. The van der Waals surface area contributed by atoms with Crippen LogP contribution in [0.15, 0.2) is 24.3 Å². The van der Waals surface area contributed by atoms with E-state index < -0.39 is 28.3 Å². The van der Waals surface area contributed by atoms with Crippen LogP contribution in [0, 0.1) is 15.5 Å². The van der Waals surface area contributed by atoms with Gasteiger partial charge in [0.2, 0.25) is 5.91 Å². The Labute approximate surface area is 122 Å². The number of nitro benzene ring substituents is 1. The lowest BCUT2D eigenvalue weighted by Gasteiger charge is -2.27. The number of carbonyl (C=O) groups excluding carboxylic acids is 1. The molecule has 0 radical (unpaired) electrons. The molecule has 0 saturated heterocycles. The van der Waals surface area contributed by atoms with Crippen molar-refractivity contribution in [1.29, 1.82) is 0 Å². The van der Waals surface area contributed by atoms with Crippen LogP contribution >= 0.6 is 0 Å². The molecule has 2 N–H and O–H groups in total. The van der Waals surface area contributed by atoms with Gasteiger partial charge in [0.05, 0.1) is 11.3 Å². The highest BCUT2D eigenvalue weighted by atomic mass is 16.6. The van der Waals surface area contributed by atoms with Crippen molar-refractivity contribution in [2.24, 2.45) is 5.41 Å². The molecule has 0 heterocycles. The number of nitrogens with zero attached hydrogens (tertiary/aromatic N) is 1. The van der Waals surface area contributed by atoms with Gasteiger partial charge < -0.3 is 10.4 Å². The minimum Gasteiger partial charge on any atom is -0.480 e. The number of carboxylic acids is 1. The summed E-state index contributed by atoms with van der Waals surface area (Å²) in [6.45, 7) is 5.16. The van der Waals surface area contributed by atoms with Gasteiger partial charge >= 0.3 is 5.97 Å². The lowest BCUT2D eigenvalue weighted by atomic mass is 9.86. The predicted molar refractivity (Wildman–Crippen MR) is 75.8 cm³/mol. The molecule has 1 aromatic carbocycles. The molecule has 0 saturated carbocycles. The maximum absolute atomic E-state index is 11.9. The average Bonchev–Trinajstić information content (AvgIpc) is 2.35. The SMILES string of the molecule is CC(C)(C)[C@@H](NC(=O)Cc1ccc([N+](=O)[O-])cc1)C(=O)O. The third-order valence-electron chi connectivity index (χ3n) is 2.93. The van der Waals surface area contributed by atoms with Gasteiger partial charge in [-0.25, -0.2) is 4.79 Å². The quantitative estimate of drug-likeness (QED) is 0.635. The molecule has 0 bridgehead atoms. The Bertz CT molecular complexity index is 545. The van der Waals surface area contributed by atoms with Crippen molar-refractivity contribution in [2.45, 2.75) is 33.2 Å². The Balaban J connectivity index is 2.72. The second-order valence-corrected chi connectivity index (χ2v) is 5.81. The molecule has 1 atom stereocenters. The number of hydrogen-bond acceptors (Lipinski definition) is 4. The van der Waals surface area contributed by atoms with E-state index in [-0.39, 0.29) is 12.1 Å². The maximum atomic E-state index is 11.9. The Morgan fingerprint density at radius 2 is 1.81 bits per heavy atom. The number of nitro groups is 1. The number of hydrogen-bond donors (Lipinski definition) is 2. The van der Waals surface area contributed by atoms with Crippen molar-refractivity contribution in [3.05, 3.63) is 39.9 Å². The summed E-state index contributed by atoms with van der Waals surface area (Å²) >= 11 is 0. The van der Waals surface area contributed by atoms with Crippen LogP contribution in [0.1, 0.15) is 26.3 Å². The van der Waals surface area contributed by atoms with Crippen LogP contribution in [0.5, 0.6) is 0 Å². The van der Waals surface area contributed by atoms with Crippen molar-refractivity contribution < 1.29 is 19.6 Å². The van der Waals surface area contributed by atoms with E-state index in [1.165, 1.54) is 24.3 Å². The molecule has 0 spiro atoms. The van der Waals surface area contributed by atoms with E-state index in [4.69, 9.17) is 5.11 Å². The zero-order chi connectivity index (χ0) is 16.2. The number of carbonyl (C=O) groups is 2. The largest absolute Gasteiger partial charge is 0.480 e. The van der Waals surface area contributed by atoms with Crippen molar-refractivity contribution in [3.63, 3.8) is 0 Å². The minimum atomic E-state index is -1.10. The van der Waals surface area contributed by atoms with E-state index in [0.717, 1.165) is 0 Å². The van der Waals surface area contributed by atoms with Crippen LogP contribution in [-0.4, -0.2) is 27.9 Å². The van der Waals surface area contributed by atoms with Crippen molar-refractivity contribution >= 4 is 17.6 Å². The summed E-state index contributed by atoms with van der Waals surface area (Å²) in [5.41, 5.74) is -0.0924. The van der Waals surface area contributed by atoms with E-state index in [2.05, 4.69) is 5.32 Å². The van der Waals surface area contributed by atoms with Gasteiger partial charge in [-0.15, -0.1) is 0 Å². The highest BCUT2D eigenvalue weighted by Gasteiger charge is 2.32. The molecule has 7 heteroatoms. The summed E-state index contributed by atoms with van der Waals surface area (Å²) in [6, 6.07) is 4.57. The molecular weight excluding hydrogens is 276 g/mol. The molecule has 7 nitrogen and oxygen atoms in total. The van der Waals surface area contributed by atoms with E-state index >= 15 is 0 Å². The zero-order valence-electron chi connectivity index (χ0n) is 12.1. The summed E-state index contributed by atoms with van der Waals surface area (Å²) in [5.74, 6) is -1.54. The van der Waals surface area contributed by atoms with Gasteiger partial charge in [0.15, 0.2) is 0 Å². The van der Waals surface area contributed by atoms with Gasteiger partial charge in [-0.3, -0.25) is 14.9 Å². The van der Waals surface area contributed by atoms with E-state index in [1.807, 2.05) is 0 Å². The molecule has 0 aromatic heterocycles. The smallest absolute Gasteiger partial charge is 0.326 e. The lowest BCUT2D eigenvalue weighted by molar-refractivity contribution is -0.384. The molecule has 21 heavy (non-hydrogen) atoms. The maximum Gasteiger partial charge on any atom is 0.326 e. The van der Waals surface area contributed by atoms with Gasteiger partial charge in [0, 0.05) is 12.1 Å². The second-order valence-electron chi connectivity index (χ2n) is 5.81. The van der Waals surface area contributed by atoms with Crippen molar-refractivity contribution in [1.82, 2.24) is 5.32 Å². The number of amides is 1. The number of nitrogens with one attached hydrogen (secondary N) is 1.